The summed E-state index contributed by atoms with van der Waals surface area (Å²) in [6.07, 6.45) is 1.24. The fraction of sp³-hybridized carbons (Fsp3) is 0.692. The highest BCUT2D eigenvalue weighted by atomic mass is 16.5. The third-order valence-electron chi connectivity index (χ3n) is 3.06. The Hall–Kier alpha value is -1.40. The summed E-state index contributed by atoms with van der Waals surface area (Å²) in [5.74, 6) is 2.45. The Morgan fingerprint density at radius 1 is 1.53 bits per heavy atom. The third-order valence-corrected chi connectivity index (χ3v) is 3.06. The predicted molar refractivity (Wildman–Crippen MR) is 74.5 cm³/mol. The molecule has 1 atom stereocenters. The van der Waals surface area contributed by atoms with E-state index in [0.29, 0.717) is 12.4 Å². The van der Waals surface area contributed by atoms with Crippen LogP contribution in [0.2, 0.25) is 0 Å². The zero-order chi connectivity index (χ0) is 13.7. The number of aromatic nitrogens is 2. The van der Waals surface area contributed by atoms with Crippen LogP contribution in [-0.2, 0) is 16.1 Å². The zero-order valence-electron chi connectivity index (χ0n) is 11.8. The molecule has 1 N–H and O–H groups in total. The van der Waals surface area contributed by atoms with E-state index in [1.54, 1.807) is 7.11 Å². The van der Waals surface area contributed by atoms with Crippen molar-refractivity contribution in [3.63, 3.8) is 0 Å². The van der Waals surface area contributed by atoms with Crippen LogP contribution in [0, 0.1) is 0 Å². The molecular weight excluding hydrogens is 244 g/mol. The number of nitrogens with one attached hydrogen (secondary N) is 1. The Morgan fingerprint density at radius 3 is 3.11 bits per heavy atom. The average molecular weight is 266 g/mol. The molecule has 1 fully saturated rings. The van der Waals surface area contributed by atoms with Crippen LogP contribution in [0.15, 0.2) is 6.07 Å². The van der Waals surface area contributed by atoms with E-state index >= 15 is 0 Å². The second kappa shape index (κ2) is 6.68. The molecule has 6 heteroatoms. The maximum absolute atomic E-state index is 5.66. The van der Waals surface area contributed by atoms with Crippen LogP contribution in [0.25, 0.3) is 0 Å². The first kappa shape index (κ1) is 14.0. The van der Waals surface area contributed by atoms with E-state index in [0.717, 1.165) is 37.8 Å². The van der Waals surface area contributed by atoms with E-state index < -0.39 is 0 Å². The number of ether oxygens (including phenoxy) is 2. The predicted octanol–water partition coefficient (Wildman–Crippen LogP) is 1.28. The number of anilines is 2. The van der Waals surface area contributed by atoms with Gasteiger partial charge in [-0.1, -0.05) is 0 Å². The summed E-state index contributed by atoms with van der Waals surface area (Å²) in [5.41, 5.74) is 0. The molecule has 1 aromatic heterocycles. The van der Waals surface area contributed by atoms with Crippen LogP contribution in [0.1, 0.15) is 19.2 Å². The standard InChI is InChI=1S/C13H22N4O2/c1-10-8-17(5-4-6-19-10)13-7-11(14-2)15-12(16-13)9-18-3/h7,10H,4-6,8-9H2,1-3H3,(H,14,15,16). The van der Waals surface area contributed by atoms with Crippen LogP contribution in [-0.4, -0.2) is 49.9 Å². The first-order chi connectivity index (χ1) is 9.22. The van der Waals surface area contributed by atoms with Crippen LogP contribution < -0.4 is 10.2 Å². The van der Waals surface area contributed by atoms with Crippen molar-refractivity contribution in [2.24, 2.45) is 0 Å². The molecule has 1 aliphatic heterocycles. The molecule has 1 unspecified atom stereocenters. The van der Waals surface area contributed by atoms with Crippen LogP contribution in [0.3, 0.4) is 0 Å². The zero-order valence-corrected chi connectivity index (χ0v) is 11.8. The van der Waals surface area contributed by atoms with Crippen LogP contribution in [0.4, 0.5) is 11.6 Å². The molecule has 106 valence electrons. The molecule has 0 spiro atoms. The van der Waals surface area contributed by atoms with Gasteiger partial charge in [0.05, 0.1) is 6.10 Å². The highest BCUT2D eigenvalue weighted by Crippen LogP contribution is 2.19. The van der Waals surface area contributed by atoms with E-state index in [4.69, 9.17) is 9.47 Å². The maximum Gasteiger partial charge on any atom is 0.158 e. The average Bonchev–Trinajstić information content (AvgIpc) is 2.63. The maximum atomic E-state index is 5.66. The van der Waals surface area contributed by atoms with E-state index in [1.807, 2.05) is 13.1 Å². The summed E-state index contributed by atoms with van der Waals surface area (Å²) in [6, 6.07) is 1.97. The van der Waals surface area contributed by atoms with Gasteiger partial charge < -0.3 is 19.7 Å². The first-order valence-corrected chi connectivity index (χ1v) is 6.64. The minimum Gasteiger partial charge on any atom is -0.377 e. The highest BCUT2D eigenvalue weighted by molar-refractivity contribution is 5.49. The molecule has 0 radical (unpaired) electrons. The summed E-state index contributed by atoms with van der Waals surface area (Å²) in [7, 11) is 3.51. The second-order valence-corrected chi connectivity index (χ2v) is 4.69. The quantitative estimate of drug-likeness (QED) is 0.886. The lowest BCUT2D eigenvalue weighted by atomic mass is 10.3. The van der Waals surface area contributed by atoms with Gasteiger partial charge in [0.15, 0.2) is 5.82 Å². The van der Waals surface area contributed by atoms with Crippen molar-refractivity contribution in [1.82, 2.24) is 9.97 Å². The van der Waals surface area contributed by atoms with Crippen molar-refractivity contribution in [3.8, 4) is 0 Å². The van der Waals surface area contributed by atoms with Crippen molar-refractivity contribution < 1.29 is 9.47 Å². The molecule has 0 aliphatic carbocycles. The SMILES string of the molecule is CNc1cc(N2CCCOC(C)C2)nc(COC)n1. The van der Waals surface area contributed by atoms with Gasteiger partial charge in [-0.3, -0.25) is 0 Å². The van der Waals surface area contributed by atoms with Crippen molar-refractivity contribution in [3.05, 3.63) is 11.9 Å². The molecule has 0 amide bonds. The molecule has 2 rings (SSSR count). The van der Waals surface area contributed by atoms with Gasteiger partial charge in [-0.2, -0.15) is 0 Å². The lowest BCUT2D eigenvalue weighted by Crippen LogP contribution is -2.31. The summed E-state index contributed by atoms with van der Waals surface area (Å²) < 4.78 is 10.8. The highest BCUT2D eigenvalue weighted by Gasteiger charge is 2.17. The van der Waals surface area contributed by atoms with Gasteiger partial charge in [0.25, 0.3) is 0 Å². The van der Waals surface area contributed by atoms with Gasteiger partial charge in [-0.15, -0.1) is 0 Å². The topological polar surface area (TPSA) is 59.5 Å². The molecule has 1 aromatic rings. The van der Waals surface area contributed by atoms with Gasteiger partial charge >= 0.3 is 0 Å². The van der Waals surface area contributed by atoms with Gasteiger partial charge in [-0.05, 0) is 13.3 Å². The van der Waals surface area contributed by atoms with Crippen molar-refractivity contribution in [2.75, 3.05) is 44.1 Å². The minimum absolute atomic E-state index is 0.223. The van der Waals surface area contributed by atoms with E-state index in [9.17, 15) is 0 Å². The lowest BCUT2D eigenvalue weighted by Gasteiger charge is -2.24. The number of nitrogens with zero attached hydrogens (tertiary/aromatic N) is 3. The molecule has 1 saturated heterocycles. The summed E-state index contributed by atoms with van der Waals surface area (Å²) >= 11 is 0. The summed E-state index contributed by atoms with van der Waals surface area (Å²) in [6.45, 7) is 5.13. The molecular formula is C13H22N4O2. The monoisotopic (exact) mass is 266 g/mol. The number of rotatable bonds is 4. The number of hydrogen-bond donors (Lipinski definition) is 1. The molecule has 2 heterocycles. The van der Waals surface area contributed by atoms with Gasteiger partial charge in [0, 0.05) is 39.9 Å². The van der Waals surface area contributed by atoms with Crippen LogP contribution in [0.5, 0.6) is 0 Å². The molecule has 1 aliphatic rings. The molecule has 0 aromatic carbocycles. The van der Waals surface area contributed by atoms with Crippen LogP contribution >= 0.6 is 0 Å². The summed E-state index contributed by atoms with van der Waals surface area (Å²) in [4.78, 5) is 11.2. The van der Waals surface area contributed by atoms with Crippen molar-refractivity contribution in [1.29, 1.82) is 0 Å². The Balaban J connectivity index is 2.23. The van der Waals surface area contributed by atoms with E-state index in [-0.39, 0.29) is 6.10 Å². The first-order valence-electron chi connectivity index (χ1n) is 6.64. The Labute approximate surface area is 114 Å². The lowest BCUT2D eigenvalue weighted by molar-refractivity contribution is 0.0820. The number of methoxy groups -OCH3 is 1. The Bertz CT molecular complexity index is 414. The van der Waals surface area contributed by atoms with Gasteiger partial charge in [0.2, 0.25) is 0 Å². The van der Waals surface area contributed by atoms with Crippen molar-refractivity contribution >= 4 is 11.6 Å². The second-order valence-electron chi connectivity index (χ2n) is 4.69. The number of hydrogen-bond acceptors (Lipinski definition) is 6. The molecule has 19 heavy (non-hydrogen) atoms. The van der Waals surface area contributed by atoms with Crippen molar-refractivity contribution in [2.45, 2.75) is 26.1 Å². The Kier molecular flexibility index (Phi) is 4.93. The smallest absolute Gasteiger partial charge is 0.158 e. The fourth-order valence-electron chi connectivity index (χ4n) is 2.17. The molecule has 6 nitrogen and oxygen atoms in total. The third kappa shape index (κ3) is 3.78. The van der Waals surface area contributed by atoms with E-state index in [2.05, 4.69) is 27.1 Å². The largest absolute Gasteiger partial charge is 0.377 e. The van der Waals surface area contributed by atoms with Gasteiger partial charge in [0.1, 0.15) is 18.2 Å². The van der Waals surface area contributed by atoms with Gasteiger partial charge in [-0.25, -0.2) is 9.97 Å². The molecule has 0 bridgehead atoms. The van der Waals surface area contributed by atoms with E-state index in [1.165, 1.54) is 0 Å². The molecule has 0 saturated carbocycles. The Morgan fingerprint density at radius 2 is 2.37 bits per heavy atom. The fourth-order valence-corrected chi connectivity index (χ4v) is 2.17. The summed E-state index contributed by atoms with van der Waals surface area (Å²) in [5, 5.41) is 3.07. The normalized spacial score (nSPS) is 20.2. The minimum atomic E-state index is 0.223.